The van der Waals surface area contributed by atoms with E-state index in [1.807, 2.05) is 39.0 Å². The molecule has 0 saturated carbocycles. The normalized spacial score (nSPS) is 11.9. The van der Waals surface area contributed by atoms with E-state index in [2.05, 4.69) is 5.32 Å². The summed E-state index contributed by atoms with van der Waals surface area (Å²) in [5, 5.41) is 11.6. The van der Waals surface area contributed by atoms with Crippen LogP contribution in [0.15, 0.2) is 18.2 Å². The number of amides is 1. The van der Waals surface area contributed by atoms with Crippen molar-refractivity contribution in [2.45, 2.75) is 39.7 Å². The molecule has 1 atom stereocenters. The van der Waals surface area contributed by atoms with Crippen molar-refractivity contribution in [3.05, 3.63) is 34.9 Å². The highest BCUT2D eigenvalue weighted by atomic mass is 16.4. The fourth-order valence-corrected chi connectivity index (χ4v) is 1.95. The highest BCUT2D eigenvalue weighted by Gasteiger charge is 2.21. The lowest BCUT2D eigenvalue weighted by Crippen LogP contribution is -2.41. The number of hydrogen-bond acceptors (Lipinski definition) is 2. The third-order valence-corrected chi connectivity index (χ3v) is 2.89. The summed E-state index contributed by atoms with van der Waals surface area (Å²) in [6.07, 6.45) is 1.15. The molecule has 1 rings (SSSR count). The molecule has 2 N–H and O–H groups in total. The molecule has 0 heterocycles. The van der Waals surface area contributed by atoms with Crippen molar-refractivity contribution in [2.75, 3.05) is 0 Å². The maximum atomic E-state index is 12.1. The van der Waals surface area contributed by atoms with E-state index in [0.29, 0.717) is 18.4 Å². The van der Waals surface area contributed by atoms with E-state index in [0.717, 1.165) is 11.1 Å². The minimum atomic E-state index is -0.989. The maximum Gasteiger partial charge on any atom is 0.326 e. The van der Waals surface area contributed by atoms with Crippen LogP contribution < -0.4 is 5.32 Å². The number of carboxylic acids is 1. The lowest BCUT2D eigenvalue weighted by atomic mass is 10.0. The largest absolute Gasteiger partial charge is 0.480 e. The number of rotatable bonds is 5. The molecule has 1 amide bonds. The fourth-order valence-electron chi connectivity index (χ4n) is 1.95. The van der Waals surface area contributed by atoms with Crippen LogP contribution in [0.3, 0.4) is 0 Å². The molecular weight excluding hydrogens is 230 g/mol. The van der Waals surface area contributed by atoms with Gasteiger partial charge in [-0.3, -0.25) is 4.79 Å². The van der Waals surface area contributed by atoms with Crippen LogP contribution in [0, 0.1) is 13.8 Å². The van der Waals surface area contributed by atoms with Crippen LogP contribution in [-0.4, -0.2) is 23.0 Å². The van der Waals surface area contributed by atoms with Crippen LogP contribution in [0.4, 0.5) is 0 Å². The van der Waals surface area contributed by atoms with Crippen LogP contribution in [-0.2, 0) is 4.79 Å². The van der Waals surface area contributed by atoms with Gasteiger partial charge in [-0.2, -0.15) is 0 Å². The Morgan fingerprint density at radius 2 is 1.83 bits per heavy atom. The first-order valence-corrected chi connectivity index (χ1v) is 6.07. The van der Waals surface area contributed by atoms with E-state index in [1.165, 1.54) is 0 Å². The van der Waals surface area contributed by atoms with Crippen LogP contribution >= 0.6 is 0 Å². The quantitative estimate of drug-likeness (QED) is 0.841. The molecule has 0 spiro atoms. The summed E-state index contributed by atoms with van der Waals surface area (Å²) in [5.74, 6) is -1.30. The van der Waals surface area contributed by atoms with Gasteiger partial charge in [-0.05, 0) is 31.4 Å². The van der Waals surface area contributed by atoms with Gasteiger partial charge in [0.25, 0.3) is 5.91 Å². The Labute approximate surface area is 107 Å². The Bertz CT molecular complexity index is 434. The van der Waals surface area contributed by atoms with Crippen LogP contribution in [0.5, 0.6) is 0 Å². The second-order valence-electron chi connectivity index (χ2n) is 4.42. The van der Waals surface area contributed by atoms with Crippen molar-refractivity contribution >= 4 is 11.9 Å². The Morgan fingerprint density at radius 3 is 2.28 bits per heavy atom. The molecule has 4 heteroatoms. The zero-order valence-electron chi connectivity index (χ0n) is 11.0. The molecule has 0 aliphatic carbocycles. The number of carbonyl (C=O) groups excluding carboxylic acids is 1. The minimum absolute atomic E-state index is 0.313. The molecule has 0 unspecified atom stereocenters. The van der Waals surface area contributed by atoms with Crippen LogP contribution in [0.2, 0.25) is 0 Å². The number of aryl methyl sites for hydroxylation is 2. The number of carboxylic acid groups (broad SMARTS) is 1. The number of hydrogen-bond donors (Lipinski definition) is 2. The Morgan fingerprint density at radius 1 is 1.28 bits per heavy atom. The highest BCUT2D eigenvalue weighted by Crippen LogP contribution is 2.13. The topological polar surface area (TPSA) is 66.4 Å². The van der Waals surface area contributed by atoms with Gasteiger partial charge in [-0.15, -0.1) is 0 Å². The average molecular weight is 249 g/mol. The van der Waals surface area contributed by atoms with E-state index >= 15 is 0 Å². The number of carbonyl (C=O) groups is 2. The first-order valence-electron chi connectivity index (χ1n) is 6.07. The van der Waals surface area contributed by atoms with Gasteiger partial charge >= 0.3 is 5.97 Å². The van der Waals surface area contributed by atoms with E-state index in [4.69, 9.17) is 5.11 Å². The summed E-state index contributed by atoms with van der Waals surface area (Å²) in [4.78, 5) is 23.1. The van der Waals surface area contributed by atoms with Crippen molar-refractivity contribution in [3.8, 4) is 0 Å². The zero-order valence-corrected chi connectivity index (χ0v) is 11.0. The molecular formula is C14H19NO3. The smallest absolute Gasteiger partial charge is 0.326 e. The molecule has 0 aromatic heterocycles. The average Bonchev–Trinajstić information content (AvgIpc) is 2.28. The highest BCUT2D eigenvalue weighted by molar-refractivity contribution is 5.99. The first kappa shape index (κ1) is 14.2. The van der Waals surface area contributed by atoms with Crippen molar-refractivity contribution in [1.29, 1.82) is 0 Å². The van der Waals surface area contributed by atoms with Gasteiger partial charge in [0.05, 0.1) is 0 Å². The first-order chi connectivity index (χ1) is 8.47. The number of nitrogens with one attached hydrogen (secondary N) is 1. The predicted molar refractivity (Wildman–Crippen MR) is 69.7 cm³/mol. The molecule has 0 aliphatic heterocycles. The SMILES string of the molecule is CCC[C@H](NC(=O)c1c(C)cccc1C)C(=O)O. The molecule has 0 aliphatic rings. The van der Waals surface area contributed by atoms with Crippen molar-refractivity contribution in [2.24, 2.45) is 0 Å². The molecule has 0 radical (unpaired) electrons. The fraction of sp³-hybridized carbons (Fsp3) is 0.429. The van der Waals surface area contributed by atoms with Gasteiger partial charge in [-0.25, -0.2) is 4.79 Å². The molecule has 0 saturated heterocycles. The number of benzene rings is 1. The summed E-state index contributed by atoms with van der Waals surface area (Å²) >= 11 is 0. The second kappa shape index (κ2) is 6.19. The monoisotopic (exact) mass is 249 g/mol. The standard InChI is InChI=1S/C14H19NO3/c1-4-6-11(14(17)18)15-13(16)12-9(2)7-5-8-10(12)3/h5,7-8,11H,4,6H2,1-3H3,(H,15,16)(H,17,18)/t11-/m0/s1. The summed E-state index contributed by atoms with van der Waals surface area (Å²) < 4.78 is 0. The van der Waals surface area contributed by atoms with Gasteiger partial charge < -0.3 is 10.4 Å². The summed E-state index contributed by atoms with van der Waals surface area (Å²) in [6.45, 7) is 5.58. The molecule has 98 valence electrons. The summed E-state index contributed by atoms with van der Waals surface area (Å²) in [5.41, 5.74) is 2.28. The Balaban J connectivity index is 2.90. The van der Waals surface area contributed by atoms with Gasteiger partial charge in [-0.1, -0.05) is 31.5 Å². The summed E-state index contributed by atoms with van der Waals surface area (Å²) in [6, 6.07) is 4.75. The Kier molecular flexibility index (Phi) is 4.89. The van der Waals surface area contributed by atoms with Gasteiger partial charge in [0.1, 0.15) is 6.04 Å². The van der Waals surface area contributed by atoms with Crippen LogP contribution in [0.1, 0.15) is 41.3 Å². The molecule has 1 aromatic rings. The number of aliphatic carboxylic acids is 1. The maximum absolute atomic E-state index is 12.1. The van der Waals surface area contributed by atoms with E-state index in [-0.39, 0.29) is 5.91 Å². The second-order valence-corrected chi connectivity index (χ2v) is 4.42. The molecule has 0 bridgehead atoms. The molecule has 0 fully saturated rings. The zero-order chi connectivity index (χ0) is 13.7. The van der Waals surface area contributed by atoms with E-state index in [1.54, 1.807) is 0 Å². The lowest BCUT2D eigenvalue weighted by molar-refractivity contribution is -0.139. The predicted octanol–water partition coefficient (Wildman–Crippen LogP) is 2.29. The molecule has 18 heavy (non-hydrogen) atoms. The van der Waals surface area contributed by atoms with Gasteiger partial charge in [0.15, 0.2) is 0 Å². The Hall–Kier alpha value is -1.84. The minimum Gasteiger partial charge on any atom is -0.480 e. The van der Waals surface area contributed by atoms with Gasteiger partial charge in [0, 0.05) is 5.56 Å². The molecule has 4 nitrogen and oxygen atoms in total. The van der Waals surface area contributed by atoms with Crippen molar-refractivity contribution in [3.63, 3.8) is 0 Å². The van der Waals surface area contributed by atoms with Crippen LogP contribution in [0.25, 0.3) is 0 Å². The third-order valence-electron chi connectivity index (χ3n) is 2.89. The van der Waals surface area contributed by atoms with Gasteiger partial charge in [0.2, 0.25) is 0 Å². The van der Waals surface area contributed by atoms with Crippen molar-refractivity contribution in [1.82, 2.24) is 5.32 Å². The molecule has 1 aromatic carbocycles. The third kappa shape index (κ3) is 3.32. The van der Waals surface area contributed by atoms with Crippen molar-refractivity contribution < 1.29 is 14.7 Å². The lowest BCUT2D eigenvalue weighted by Gasteiger charge is -2.15. The summed E-state index contributed by atoms with van der Waals surface area (Å²) in [7, 11) is 0. The van der Waals surface area contributed by atoms with E-state index in [9.17, 15) is 9.59 Å². The van der Waals surface area contributed by atoms with E-state index < -0.39 is 12.0 Å².